The molecular weight excluding hydrogens is 334 g/mol. The lowest BCUT2D eigenvalue weighted by molar-refractivity contribution is -0.111. The first-order valence-corrected chi connectivity index (χ1v) is 8.64. The summed E-state index contributed by atoms with van der Waals surface area (Å²) in [5, 5.41) is 3.49. The van der Waals surface area contributed by atoms with Gasteiger partial charge in [0.1, 0.15) is 0 Å². The van der Waals surface area contributed by atoms with Gasteiger partial charge in [-0.3, -0.25) is 9.78 Å². The number of fused-ring (bicyclic) bond motifs is 1. The molecule has 0 saturated heterocycles. The van der Waals surface area contributed by atoms with Crippen molar-refractivity contribution in [1.82, 2.24) is 9.88 Å². The van der Waals surface area contributed by atoms with Gasteiger partial charge in [0.2, 0.25) is 5.91 Å². The van der Waals surface area contributed by atoms with Crippen LogP contribution in [0.15, 0.2) is 42.6 Å². The highest BCUT2D eigenvalue weighted by molar-refractivity contribution is 6.32. The summed E-state index contributed by atoms with van der Waals surface area (Å²) in [4.78, 5) is 19.1. The zero-order valence-electron chi connectivity index (χ0n) is 14.7. The first-order chi connectivity index (χ1) is 11.8. The molecule has 130 valence electrons. The Morgan fingerprint density at radius 1 is 1.36 bits per heavy atom. The van der Waals surface area contributed by atoms with Gasteiger partial charge in [0, 0.05) is 29.6 Å². The lowest BCUT2D eigenvalue weighted by Gasteiger charge is -2.37. The topological polar surface area (TPSA) is 45.2 Å². The fourth-order valence-electron chi connectivity index (χ4n) is 3.36. The van der Waals surface area contributed by atoms with Crippen LogP contribution in [0.2, 0.25) is 5.02 Å². The summed E-state index contributed by atoms with van der Waals surface area (Å²) >= 11 is 6.09. The molecule has 0 spiro atoms. The molecule has 3 rings (SSSR count). The second-order valence-corrected chi connectivity index (χ2v) is 7.54. The van der Waals surface area contributed by atoms with Crippen LogP contribution in [0.3, 0.4) is 0 Å². The molecule has 0 saturated carbocycles. The Hall–Kier alpha value is -2.17. The van der Waals surface area contributed by atoms with E-state index in [4.69, 9.17) is 11.6 Å². The number of hydrogen-bond acceptors (Lipinski definition) is 3. The molecule has 1 N–H and O–H groups in total. The summed E-state index contributed by atoms with van der Waals surface area (Å²) < 4.78 is 0. The van der Waals surface area contributed by atoms with Crippen molar-refractivity contribution in [3.8, 4) is 0 Å². The molecule has 1 aliphatic rings. The van der Waals surface area contributed by atoms with Crippen LogP contribution in [-0.2, 0) is 16.8 Å². The van der Waals surface area contributed by atoms with Crippen LogP contribution in [-0.4, -0.2) is 29.4 Å². The number of pyridine rings is 1. The number of halogens is 1. The van der Waals surface area contributed by atoms with Gasteiger partial charge in [-0.15, -0.1) is 0 Å². The maximum Gasteiger partial charge on any atom is 0.248 e. The highest BCUT2D eigenvalue weighted by Gasteiger charge is 2.31. The van der Waals surface area contributed by atoms with E-state index < -0.39 is 0 Å². The molecular formula is C20H22ClN3O. The van der Waals surface area contributed by atoms with E-state index in [9.17, 15) is 4.79 Å². The van der Waals surface area contributed by atoms with Gasteiger partial charge in [-0.25, -0.2) is 0 Å². The minimum absolute atomic E-state index is 0.00876. The Kier molecular flexibility index (Phi) is 4.93. The molecule has 1 aromatic carbocycles. The number of anilines is 1. The molecule has 0 bridgehead atoms. The van der Waals surface area contributed by atoms with Crippen molar-refractivity contribution in [3.05, 3.63) is 64.4 Å². The standard InChI is InChI=1S/C20H22ClN3O/c1-20(2)13-24(3)12-15-10-16(11-22-19(15)20)23-18(25)9-8-14-6-4-5-7-17(14)21/h4-11H,12-13H2,1-3H3,(H,23,25). The highest BCUT2D eigenvalue weighted by atomic mass is 35.5. The Bertz CT molecular complexity index is 829. The van der Waals surface area contributed by atoms with E-state index in [-0.39, 0.29) is 11.3 Å². The van der Waals surface area contributed by atoms with Gasteiger partial charge >= 0.3 is 0 Å². The average Bonchev–Trinajstić information content (AvgIpc) is 2.52. The van der Waals surface area contributed by atoms with Gasteiger partial charge in [0.05, 0.1) is 17.6 Å². The number of likely N-dealkylation sites (N-methyl/N-ethyl adjacent to an activating group) is 1. The zero-order chi connectivity index (χ0) is 18.0. The van der Waals surface area contributed by atoms with E-state index in [1.165, 1.54) is 6.08 Å². The highest BCUT2D eigenvalue weighted by Crippen LogP contribution is 2.32. The summed E-state index contributed by atoms with van der Waals surface area (Å²) in [6.07, 6.45) is 4.92. The zero-order valence-corrected chi connectivity index (χ0v) is 15.5. The summed E-state index contributed by atoms with van der Waals surface area (Å²) in [6, 6.07) is 9.42. The Morgan fingerprint density at radius 3 is 2.88 bits per heavy atom. The Balaban J connectivity index is 1.74. The van der Waals surface area contributed by atoms with E-state index in [0.29, 0.717) is 10.7 Å². The van der Waals surface area contributed by atoms with Crippen molar-refractivity contribution in [2.45, 2.75) is 25.8 Å². The third kappa shape index (κ3) is 4.09. The molecule has 5 heteroatoms. The maximum atomic E-state index is 12.2. The molecule has 1 aromatic heterocycles. The minimum atomic E-state index is -0.204. The smallest absolute Gasteiger partial charge is 0.248 e. The normalized spacial score (nSPS) is 16.6. The molecule has 4 nitrogen and oxygen atoms in total. The van der Waals surface area contributed by atoms with E-state index in [2.05, 4.69) is 36.1 Å². The van der Waals surface area contributed by atoms with Crippen molar-refractivity contribution in [1.29, 1.82) is 0 Å². The number of hydrogen-bond donors (Lipinski definition) is 1. The largest absolute Gasteiger partial charge is 0.321 e. The van der Waals surface area contributed by atoms with Gasteiger partial charge < -0.3 is 10.2 Å². The quantitative estimate of drug-likeness (QED) is 0.843. The molecule has 1 amide bonds. The second-order valence-electron chi connectivity index (χ2n) is 7.13. The minimum Gasteiger partial charge on any atom is -0.321 e. The number of benzene rings is 1. The van der Waals surface area contributed by atoms with Crippen LogP contribution in [0, 0.1) is 0 Å². The number of nitrogens with zero attached hydrogens (tertiary/aromatic N) is 2. The van der Waals surface area contributed by atoms with Crippen molar-refractivity contribution in [2.24, 2.45) is 0 Å². The van der Waals surface area contributed by atoms with E-state index >= 15 is 0 Å². The van der Waals surface area contributed by atoms with E-state index in [1.807, 2.05) is 24.3 Å². The summed E-state index contributed by atoms with van der Waals surface area (Å²) in [7, 11) is 2.10. The predicted octanol–water partition coefficient (Wildman–Crippen LogP) is 4.11. The average molecular weight is 356 g/mol. The third-order valence-electron chi connectivity index (χ3n) is 4.30. The SMILES string of the molecule is CN1Cc2cc(NC(=O)C=Cc3ccccc3Cl)cnc2C(C)(C)C1. The van der Waals surface area contributed by atoms with Gasteiger partial charge in [-0.05, 0) is 36.4 Å². The van der Waals surface area contributed by atoms with Gasteiger partial charge in [0.25, 0.3) is 0 Å². The monoisotopic (exact) mass is 355 g/mol. The fourth-order valence-corrected chi connectivity index (χ4v) is 3.56. The molecule has 0 unspecified atom stereocenters. The molecule has 2 aromatic rings. The van der Waals surface area contributed by atoms with E-state index in [0.717, 1.165) is 29.9 Å². The molecule has 0 aliphatic carbocycles. The Morgan fingerprint density at radius 2 is 2.12 bits per heavy atom. The third-order valence-corrected chi connectivity index (χ3v) is 4.64. The number of nitrogens with one attached hydrogen (secondary N) is 1. The lowest BCUT2D eigenvalue weighted by atomic mass is 9.82. The van der Waals surface area contributed by atoms with E-state index in [1.54, 1.807) is 18.3 Å². The van der Waals surface area contributed by atoms with Crippen LogP contribution in [0.1, 0.15) is 30.7 Å². The number of carbonyl (C=O) groups is 1. The van der Waals surface area contributed by atoms with Crippen molar-refractivity contribution < 1.29 is 4.79 Å². The summed E-state index contributed by atoms with van der Waals surface area (Å²) in [5.74, 6) is -0.204. The fraction of sp³-hybridized carbons (Fsp3) is 0.300. The van der Waals surface area contributed by atoms with Crippen LogP contribution in [0.5, 0.6) is 0 Å². The second kappa shape index (κ2) is 6.98. The first kappa shape index (κ1) is 17.6. The summed E-state index contributed by atoms with van der Waals surface area (Å²) in [6.45, 7) is 6.20. The van der Waals surface area contributed by atoms with Crippen LogP contribution >= 0.6 is 11.6 Å². The molecule has 0 fully saturated rings. The van der Waals surface area contributed by atoms with Crippen LogP contribution < -0.4 is 5.32 Å². The van der Waals surface area contributed by atoms with Gasteiger partial charge in [0.15, 0.2) is 0 Å². The molecule has 1 aliphatic heterocycles. The van der Waals surface area contributed by atoms with Crippen LogP contribution in [0.4, 0.5) is 5.69 Å². The number of aromatic nitrogens is 1. The van der Waals surface area contributed by atoms with Crippen molar-refractivity contribution in [3.63, 3.8) is 0 Å². The Labute approximate surface area is 153 Å². The molecule has 25 heavy (non-hydrogen) atoms. The maximum absolute atomic E-state index is 12.2. The first-order valence-electron chi connectivity index (χ1n) is 8.27. The molecule has 2 heterocycles. The van der Waals surface area contributed by atoms with Gasteiger partial charge in [-0.1, -0.05) is 43.6 Å². The molecule has 0 radical (unpaired) electrons. The van der Waals surface area contributed by atoms with Crippen molar-refractivity contribution in [2.75, 3.05) is 18.9 Å². The number of amides is 1. The number of rotatable bonds is 3. The predicted molar refractivity (Wildman–Crippen MR) is 103 cm³/mol. The molecule has 0 atom stereocenters. The van der Waals surface area contributed by atoms with Gasteiger partial charge in [-0.2, -0.15) is 0 Å². The lowest BCUT2D eigenvalue weighted by Crippen LogP contribution is -2.40. The van der Waals surface area contributed by atoms with Crippen LogP contribution in [0.25, 0.3) is 6.08 Å². The number of carbonyl (C=O) groups excluding carboxylic acids is 1. The summed E-state index contributed by atoms with van der Waals surface area (Å²) in [5.41, 5.74) is 3.79. The van der Waals surface area contributed by atoms with Crippen molar-refractivity contribution >= 4 is 29.3 Å².